The lowest BCUT2D eigenvalue weighted by molar-refractivity contribution is -0.00000624. The second-order valence-corrected chi connectivity index (χ2v) is 8.58. The van der Waals surface area contributed by atoms with Crippen LogP contribution >= 0.6 is 11.6 Å². The average molecular weight is 451 g/mol. The van der Waals surface area contributed by atoms with Gasteiger partial charge < -0.3 is 21.7 Å². The van der Waals surface area contributed by atoms with E-state index in [1.54, 1.807) is 0 Å². The minimum atomic E-state index is 0. The summed E-state index contributed by atoms with van der Waals surface area (Å²) in [5, 5.41) is 2.38. The first-order valence-electron chi connectivity index (χ1n) is 10.8. The predicted molar refractivity (Wildman–Crippen MR) is 124 cm³/mol. The first-order valence-corrected chi connectivity index (χ1v) is 11.3. The second kappa shape index (κ2) is 8.22. The molecule has 2 aromatic carbocycles. The minimum Gasteiger partial charge on any atom is -1.00 e. The van der Waals surface area contributed by atoms with Crippen LogP contribution in [0.5, 0.6) is 0 Å². The molecule has 3 heterocycles. The molecule has 0 saturated carbocycles. The van der Waals surface area contributed by atoms with Crippen molar-refractivity contribution in [1.82, 2.24) is 4.58 Å². The molecular formula is C26H24Cl2N2O. The maximum absolute atomic E-state index is 6.51. The molecule has 2 fully saturated rings. The number of rotatable bonds is 3. The number of hydrogen-bond donors (Lipinski definition) is 0. The Hall–Kier alpha value is -2.49. The van der Waals surface area contributed by atoms with E-state index in [2.05, 4.69) is 70.1 Å². The van der Waals surface area contributed by atoms with Gasteiger partial charge in [0.25, 0.3) is 0 Å². The molecule has 31 heavy (non-hydrogen) atoms. The van der Waals surface area contributed by atoms with E-state index in [-0.39, 0.29) is 12.4 Å². The maximum atomic E-state index is 6.51. The van der Waals surface area contributed by atoms with Gasteiger partial charge in [-0.05, 0) is 35.7 Å². The third-order valence-corrected chi connectivity index (χ3v) is 6.85. The van der Waals surface area contributed by atoms with Gasteiger partial charge in [-0.2, -0.15) is 0 Å². The van der Waals surface area contributed by atoms with Crippen LogP contribution in [0, 0.1) is 0 Å². The normalized spacial score (nSPS) is 15.5. The molecule has 0 unspecified atom stereocenters. The maximum Gasteiger partial charge on any atom is 0.203 e. The van der Waals surface area contributed by atoms with Gasteiger partial charge in [0.2, 0.25) is 5.36 Å². The van der Waals surface area contributed by atoms with Crippen molar-refractivity contribution in [2.75, 3.05) is 31.1 Å². The highest BCUT2D eigenvalue weighted by atomic mass is 35.5. The van der Waals surface area contributed by atoms with Crippen LogP contribution in [0.2, 0.25) is 0 Å². The van der Waals surface area contributed by atoms with E-state index in [0.29, 0.717) is 5.88 Å². The molecule has 2 saturated heterocycles. The van der Waals surface area contributed by atoms with E-state index >= 15 is 0 Å². The molecule has 0 N–H and O–H groups in total. The van der Waals surface area contributed by atoms with Gasteiger partial charge in [-0.3, -0.25) is 0 Å². The zero-order valence-corrected chi connectivity index (χ0v) is 18.8. The Bertz CT molecular complexity index is 1300. The van der Waals surface area contributed by atoms with E-state index in [9.17, 15) is 0 Å². The highest BCUT2D eigenvalue weighted by Gasteiger charge is 2.23. The molecule has 158 valence electrons. The lowest BCUT2D eigenvalue weighted by atomic mass is 9.91. The van der Waals surface area contributed by atoms with Crippen molar-refractivity contribution in [2.24, 2.45) is 0 Å². The fourth-order valence-electron chi connectivity index (χ4n) is 4.58. The van der Waals surface area contributed by atoms with Crippen LogP contribution in [0.1, 0.15) is 18.4 Å². The summed E-state index contributed by atoms with van der Waals surface area (Å²) in [7, 11) is 0. The summed E-state index contributed by atoms with van der Waals surface area (Å²) in [6.07, 6.45) is 2.53. The smallest absolute Gasteiger partial charge is 0.203 e. The second-order valence-electron chi connectivity index (χ2n) is 8.31. The minimum absolute atomic E-state index is 0. The molecule has 0 bridgehead atoms. The SMILES string of the molecule is ClCc1ccccc1-c1c2ccc(=[N+]3CCC3)cc-2oc2cc(N3CCC3)ccc12.[Cl-]. The summed E-state index contributed by atoms with van der Waals surface area (Å²) in [5.41, 5.74) is 6.87. The average Bonchev–Trinajstić information content (AvgIpc) is 2.69. The van der Waals surface area contributed by atoms with E-state index in [0.717, 1.165) is 54.0 Å². The van der Waals surface area contributed by atoms with Crippen LogP contribution in [0.4, 0.5) is 5.69 Å². The number of fused-ring (bicyclic) bond motifs is 2. The first-order chi connectivity index (χ1) is 14.8. The number of anilines is 1. The molecule has 1 aliphatic carbocycles. The Labute approximate surface area is 193 Å². The van der Waals surface area contributed by atoms with Crippen LogP contribution in [0.25, 0.3) is 33.4 Å². The summed E-state index contributed by atoms with van der Waals surface area (Å²) in [6.45, 7) is 4.50. The molecule has 4 aliphatic rings. The summed E-state index contributed by atoms with van der Waals surface area (Å²) in [6, 6.07) is 21.7. The number of hydrogen-bond acceptors (Lipinski definition) is 2. The molecule has 3 aliphatic heterocycles. The van der Waals surface area contributed by atoms with Crippen LogP contribution in [0.3, 0.4) is 0 Å². The molecule has 0 radical (unpaired) electrons. The van der Waals surface area contributed by atoms with Crippen LogP contribution in [0.15, 0.2) is 65.1 Å². The molecule has 0 atom stereocenters. The monoisotopic (exact) mass is 450 g/mol. The fourth-order valence-corrected chi connectivity index (χ4v) is 4.81. The van der Waals surface area contributed by atoms with Gasteiger partial charge in [-0.1, -0.05) is 24.3 Å². The standard InChI is InChI=1S/C26H24ClN2O.ClH/c27-17-18-5-1-2-6-21(18)26-22-9-7-19(28-11-3-12-28)15-24(22)30-25-16-20(8-10-23(25)26)29-13-4-14-29;/h1-2,5-10,15-16H,3-4,11-14,17H2;1H/q+1;/p-1. The van der Waals surface area contributed by atoms with Crippen molar-refractivity contribution >= 4 is 28.3 Å². The topological polar surface area (TPSA) is 19.4 Å². The largest absolute Gasteiger partial charge is 1.00 e. The Morgan fingerprint density at radius 2 is 1.74 bits per heavy atom. The Morgan fingerprint density at radius 1 is 0.903 bits per heavy atom. The highest BCUT2D eigenvalue weighted by Crippen LogP contribution is 2.42. The van der Waals surface area contributed by atoms with Crippen molar-refractivity contribution in [3.05, 3.63) is 71.6 Å². The van der Waals surface area contributed by atoms with Crippen molar-refractivity contribution in [3.8, 4) is 22.5 Å². The van der Waals surface area contributed by atoms with Crippen LogP contribution < -0.4 is 27.2 Å². The molecule has 6 rings (SSSR count). The molecule has 0 aromatic heterocycles. The quantitative estimate of drug-likeness (QED) is 0.271. The Morgan fingerprint density at radius 3 is 2.45 bits per heavy atom. The molecule has 0 spiro atoms. The third kappa shape index (κ3) is 3.40. The fraction of sp³-hybridized carbons (Fsp3) is 0.269. The van der Waals surface area contributed by atoms with Gasteiger partial charge >= 0.3 is 0 Å². The van der Waals surface area contributed by atoms with Gasteiger partial charge in [-0.25, -0.2) is 4.58 Å². The van der Waals surface area contributed by atoms with Crippen LogP contribution in [-0.4, -0.2) is 26.2 Å². The van der Waals surface area contributed by atoms with Gasteiger partial charge in [0.15, 0.2) is 0 Å². The van der Waals surface area contributed by atoms with Crippen molar-refractivity contribution in [3.63, 3.8) is 0 Å². The number of benzene rings is 3. The zero-order valence-electron chi connectivity index (χ0n) is 17.3. The third-order valence-electron chi connectivity index (χ3n) is 6.56. The number of alkyl halides is 1. The lowest BCUT2D eigenvalue weighted by Crippen LogP contribution is -3.00. The van der Waals surface area contributed by atoms with Crippen molar-refractivity contribution in [2.45, 2.75) is 18.7 Å². The lowest BCUT2D eigenvalue weighted by Gasteiger charge is -2.33. The van der Waals surface area contributed by atoms with Gasteiger partial charge in [0.05, 0.1) is 12.5 Å². The summed E-state index contributed by atoms with van der Waals surface area (Å²) < 4.78 is 8.92. The van der Waals surface area contributed by atoms with E-state index < -0.39 is 0 Å². The van der Waals surface area contributed by atoms with Gasteiger partial charge in [0.1, 0.15) is 24.4 Å². The molecule has 5 heteroatoms. The van der Waals surface area contributed by atoms with Gasteiger partial charge in [-0.15, -0.1) is 11.6 Å². The first kappa shape index (κ1) is 20.4. The number of nitrogens with zero attached hydrogens (tertiary/aromatic N) is 2. The number of halogens is 2. The van der Waals surface area contributed by atoms with Crippen molar-refractivity contribution in [1.29, 1.82) is 0 Å². The van der Waals surface area contributed by atoms with Crippen LogP contribution in [-0.2, 0) is 5.88 Å². The molecule has 2 aromatic rings. The Kier molecular flexibility index (Phi) is 5.41. The summed E-state index contributed by atoms with van der Waals surface area (Å²) in [5.74, 6) is 1.43. The van der Waals surface area contributed by atoms with Gasteiger partial charge in [0, 0.05) is 53.3 Å². The molecule has 0 amide bonds. The van der Waals surface area contributed by atoms with E-state index in [4.69, 9.17) is 16.0 Å². The van der Waals surface area contributed by atoms with Crippen molar-refractivity contribution < 1.29 is 16.8 Å². The highest BCUT2D eigenvalue weighted by molar-refractivity contribution is 6.18. The Balaban J connectivity index is 0.00000204. The summed E-state index contributed by atoms with van der Waals surface area (Å²) >= 11 is 6.33. The molecular weight excluding hydrogens is 427 g/mol. The summed E-state index contributed by atoms with van der Waals surface area (Å²) in [4.78, 5) is 2.40. The van der Waals surface area contributed by atoms with E-state index in [1.165, 1.54) is 35.0 Å². The van der Waals surface area contributed by atoms with E-state index in [1.807, 2.05) is 0 Å². The molecule has 3 nitrogen and oxygen atoms in total. The predicted octanol–water partition coefficient (Wildman–Crippen LogP) is 2.33. The zero-order chi connectivity index (χ0) is 20.1.